The fourth-order valence-corrected chi connectivity index (χ4v) is 6.12. The van der Waals surface area contributed by atoms with Crippen LogP contribution in [0.15, 0.2) is 73.7 Å². The van der Waals surface area contributed by atoms with Crippen molar-refractivity contribution in [1.29, 1.82) is 0 Å². The van der Waals surface area contributed by atoms with Crippen LogP contribution in [-0.4, -0.2) is 16.1 Å². The predicted molar refractivity (Wildman–Crippen MR) is 128 cm³/mol. The maximum absolute atomic E-state index is 4.80. The van der Waals surface area contributed by atoms with E-state index in [4.69, 9.17) is 4.98 Å². The van der Waals surface area contributed by atoms with Gasteiger partial charge in [0.05, 0.1) is 6.20 Å². The first-order valence-electron chi connectivity index (χ1n) is 11.2. The summed E-state index contributed by atoms with van der Waals surface area (Å²) in [4.78, 5) is 14.1. The Morgan fingerprint density at radius 1 is 0.968 bits per heavy atom. The molecule has 158 valence electrons. The lowest BCUT2D eigenvalue weighted by Crippen LogP contribution is -2.62. The standard InChI is InChI=1S/C27H30N4/c1-6-26(5)25-30(22-16-12-10-14-20(22)27(26,7-2)8-3)23-17-28-18-29-24(23)31(25)21-15-11-9-13-19(21)4/h7,9-18,25H,2,6,8H2,1,3-5H3. The average molecular weight is 411 g/mol. The second-order valence-corrected chi connectivity index (χ2v) is 8.95. The summed E-state index contributed by atoms with van der Waals surface area (Å²) in [5.41, 5.74) is 5.81. The highest BCUT2D eigenvalue weighted by atomic mass is 15.5. The van der Waals surface area contributed by atoms with E-state index < -0.39 is 0 Å². The Kier molecular flexibility index (Phi) is 4.44. The smallest absolute Gasteiger partial charge is 0.162 e. The molecule has 2 aliphatic heterocycles. The molecule has 5 rings (SSSR count). The number of rotatable bonds is 4. The molecule has 0 aliphatic carbocycles. The van der Waals surface area contributed by atoms with Crippen molar-refractivity contribution in [2.45, 2.75) is 52.1 Å². The van der Waals surface area contributed by atoms with Crippen LogP contribution in [0.3, 0.4) is 0 Å². The van der Waals surface area contributed by atoms with Gasteiger partial charge in [-0.3, -0.25) is 0 Å². The molecule has 4 nitrogen and oxygen atoms in total. The summed E-state index contributed by atoms with van der Waals surface area (Å²) in [5, 5.41) is 0. The summed E-state index contributed by atoms with van der Waals surface area (Å²) in [6.07, 6.45) is 7.90. The summed E-state index contributed by atoms with van der Waals surface area (Å²) in [5.74, 6) is 0.972. The zero-order chi connectivity index (χ0) is 21.8. The van der Waals surface area contributed by atoms with E-state index in [0.29, 0.717) is 0 Å². The fourth-order valence-electron chi connectivity index (χ4n) is 6.12. The number of aromatic nitrogens is 2. The minimum absolute atomic E-state index is 0.0677. The molecular formula is C27H30N4. The van der Waals surface area contributed by atoms with Crippen LogP contribution in [0.1, 0.15) is 44.7 Å². The quantitative estimate of drug-likeness (QED) is 0.450. The van der Waals surface area contributed by atoms with Crippen molar-refractivity contribution in [3.05, 3.63) is 84.8 Å². The van der Waals surface area contributed by atoms with Gasteiger partial charge < -0.3 is 9.80 Å². The van der Waals surface area contributed by atoms with E-state index in [9.17, 15) is 0 Å². The molecule has 3 aromatic rings. The number of anilines is 4. The van der Waals surface area contributed by atoms with E-state index in [-0.39, 0.29) is 17.0 Å². The maximum Gasteiger partial charge on any atom is 0.162 e. The summed E-state index contributed by atoms with van der Waals surface area (Å²) < 4.78 is 0. The SMILES string of the molecule is C=CC1(CC)c2ccccc2N2c3cncnc3N(c3ccccc3C)C2C1(C)CC. The zero-order valence-electron chi connectivity index (χ0n) is 18.8. The van der Waals surface area contributed by atoms with Gasteiger partial charge in [-0.2, -0.15) is 0 Å². The largest absolute Gasteiger partial charge is 0.315 e. The molecule has 0 amide bonds. The second-order valence-electron chi connectivity index (χ2n) is 8.95. The molecule has 0 saturated heterocycles. The van der Waals surface area contributed by atoms with Gasteiger partial charge in [-0.25, -0.2) is 9.97 Å². The minimum atomic E-state index is -0.157. The Balaban J connectivity index is 1.89. The van der Waals surface area contributed by atoms with Crippen LogP contribution >= 0.6 is 0 Å². The number of para-hydroxylation sites is 2. The molecule has 31 heavy (non-hydrogen) atoms. The van der Waals surface area contributed by atoms with Gasteiger partial charge in [0.2, 0.25) is 0 Å². The molecule has 4 heteroatoms. The molecule has 2 aliphatic rings. The van der Waals surface area contributed by atoms with Crippen LogP contribution in [0.5, 0.6) is 0 Å². The Bertz CT molecular complexity index is 1160. The number of allylic oxidation sites excluding steroid dienone is 1. The Morgan fingerprint density at radius 3 is 2.35 bits per heavy atom. The maximum atomic E-state index is 4.80. The summed E-state index contributed by atoms with van der Waals surface area (Å²) in [6, 6.07) is 17.4. The number of nitrogens with zero attached hydrogens (tertiary/aromatic N) is 4. The van der Waals surface area contributed by atoms with Gasteiger partial charge in [0.15, 0.2) is 5.82 Å². The molecule has 0 saturated carbocycles. The lowest BCUT2D eigenvalue weighted by Gasteiger charge is -2.59. The average Bonchev–Trinajstić information content (AvgIpc) is 3.16. The van der Waals surface area contributed by atoms with Gasteiger partial charge in [0.1, 0.15) is 18.2 Å². The van der Waals surface area contributed by atoms with E-state index in [2.05, 4.69) is 104 Å². The highest BCUT2D eigenvalue weighted by molar-refractivity contribution is 5.89. The molecule has 0 N–H and O–H groups in total. The summed E-state index contributed by atoms with van der Waals surface area (Å²) in [7, 11) is 0. The molecule has 0 spiro atoms. The second kappa shape index (κ2) is 6.94. The van der Waals surface area contributed by atoms with Crippen LogP contribution in [0, 0.1) is 12.3 Å². The van der Waals surface area contributed by atoms with Crippen LogP contribution in [0.25, 0.3) is 0 Å². The first-order valence-corrected chi connectivity index (χ1v) is 11.2. The summed E-state index contributed by atoms with van der Waals surface area (Å²) in [6.45, 7) is 13.6. The Hall–Kier alpha value is -3.14. The van der Waals surface area contributed by atoms with Crippen molar-refractivity contribution in [2.24, 2.45) is 5.41 Å². The van der Waals surface area contributed by atoms with Crippen LogP contribution in [0.2, 0.25) is 0 Å². The van der Waals surface area contributed by atoms with Crippen molar-refractivity contribution in [3.8, 4) is 0 Å². The Morgan fingerprint density at radius 2 is 1.68 bits per heavy atom. The topological polar surface area (TPSA) is 32.3 Å². The van der Waals surface area contributed by atoms with Crippen LogP contribution < -0.4 is 9.80 Å². The van der Waals surface area contributed by atoms with Crippen LogP contribution in [0.4, 0.5) is 22.9 Å². The van der Waals surface area contributed by atoms with Gasteiger partial charge in [-0.15, -0.1) is 6.58 Å². The number of hydrogen-bond donors (Lipinski definition) is 0. The lowest BCUT2D eigenvalue weighted by atomic mass is 9.54. The highest BCUT2D eigenvalue weighted by Crippen LogP contribution is 2.64. The van der Waals surface area contributed by atoms with E-state index >= 15 is 0 Å². The molecule has 2 aromatic carbocycles. The molecule has 3 atom stereocenters. The molecular weight excluding hydrogens is 380 g/mol. The van der Waals surface area contributed by atoms with E-state index in [1.165, 1.54) is 22.5 Å². The number of fused-ring (bicyclic) bond motifs is 5. The molecule has 1 aromatic heterocycles. The fraction of sp³-hybridized carbons (Fsp3) is 0.333. The predicted octanol–water partition coefficient (Wildman–Crippen LogP) is 6.66. The molecule has 0 bridgehead atoms. The Labute approximate surface area is 185 Å². The highest BCUT2D eigenvalue weighted by Gasteiger charge is 2.61. The van der Waals surface area contributed by atoms with Crippen molar-refractivity contribution in [2.75, 3.05) is 9.80 Å². The van der Waals surface area contributed by atoms with Crippen molar-refractivity contribution >= 4 is 22.9 Å². The van der Waals surface area contributed by atoms with Gasteiger partial charge in [0, 0.05) is 22.2 Å². The first-order chi connectivity index (χ1) is 15.0. The first kappa shape index (κ1) is 19.8. The molecule has 3 unspecified atom stereocenters. The summed E-state index contributed by atoms with van der Waals surface area (Å²) >= 11 is 0. The molecule has 3 heterocycles. The molecule has 0 radical (unpaired) electrons. The van der Waals surface area contributed by atoms with Crippen molar-refractivity contribution < 1.29 is 0 Å². The van der Waals surface area contributed by atoms with E-state index in [1.54, 1.807) is 6.33 Å². The van der Waals surface area contributed by atoms with E-state index in [1.807, 2.05) is 6.20 Å². The lowest BCUT2D eigenvalue weighted by molar-refractivity contribution is 0.120. The van der Waals surface area contributed by atoms with Gasteiger partial charge >= 0.3 is 0 Å². The number of aryl methyl sites for hydroxylation is 1. The third kappa shape index (κ3) is 2.36. The van der Waals surface area contributed by atoms with Crippen LogP contribution in [-0.2, 0) is 5.41 Å². The minimum Gasteiger partial charge on any atom is -0.315 e. The number of benzene rings is 2. The third-order valence-electron chi connectivity index (χ3n) is 7.90. The normalized spacial score (nSPS) is 26.3. The van der Waals surface area contributed by atoms with Gasteiger partial charge in [-0.1, -0.05) is 63.2 Å². The van der Waals surface area contributed by atoms with Gasteiger partial charge in [-0.05, 0) is 43.0 Å². The van der Waals surface area contributed by atoms with Gasteiger partial charge in [0.25, 0.3) is 0 Å². The van der Waals surface area contributed by atoms with Crippen molar-refractivity contribution in [1.82, 2.24) is 9.97 Å². The van der Waals surface area contributed by atoms with E-state index in [0.717, 1.165) is 24.3 Å². The monoisotopic (exact) mass is 410 g/mol. The molecule has 0 fully saturated rings. The van der Waals surface area contributed by atoms with Crippen molar-refractivity contribution in [3.63, 3.8) is 0 Å². The zero-order valence-corrected chi connectivity index (χ0v) is 18.8. The number of hydrogen-bond acceptors (Lipinski definition) is 4. The third-order valence-corrected chi connectivity index (χ3v) is 7.90.